The number of nitrogens with zero attached hydrogens (tertiary/aromatic N) is 2. The monoisotopic (exact) mass is 366 g/mol. The van der Waals surface area contributed by atoms with E-state index in [9.17, 15) is 4.79 Å². The summed E-state index contributed by atoms with van der Waals surface area (Å²) in [5.74, 6) is 0.188. The van der Waals surface area contributed by atoms with Gasteiger partial charge in [-0.05, 0) is 44.0 Å². The summed E-state index contributed by atoms with van der Waals surface area (Å²) < 4.78 is 1.20. The van der Waals surface area contributed by atoms with Crippen LogP contribution >= 0.6 is 11.3 Å². The molecule has 0 saturated heterocycles. The number of thiazole rings is 1. The van der Waals surface area contributed by atoms with E-state index in [4.69, 9.17) is 4.98 Å². The third kappa shape index (κ3) is 3.02. The lowest BCUT2D eigenvalue weighted by Gasteiger charge is -2.26. The Balaban J connectivity index is 1.50. The van der Waals surface area contributed by atoms with Crippen LogP contribution in [-0.2, 0) is 11.2 Å². The smallest absolute Gasteiger partial charge is 0.282 e. The van der Waals surface area contributed by atoms with Gasteiger partial charge in [0.1, 0.15) is 6.04 Å². The van der Waals surface area contributed by atoms with E-state index >= 15 is 0 Å². The van der Waals surface area contributed by atoms with E-state index in [-0.39, 0.29) is 18.0 Å². The van der Waals surface area contributed by atoms with Gasteiger partial charge in [0, 0.05) is 11.7 Å². The minimum atomic E-state index is 0.185. The third-order valence-electron chi connectivity index (χ3n) is 5.33. The van der Waals surface area contributed by atoms with Gasteiger partial charge >= 0.3 is 0 Å². The van der Waals surface area contributed by atoms with Gasteiger partial charge in [-0.1, -0.05) is 30.3 Å². The summed E-state index contributed by atoms with van der Waals surface area (Å²) in [6.07, 6.45) is 0.939. The lowest BCUT2D eigenvalue weighted by molar-refractivity contribution is -0.902. The number of carbonyl (C=O) groups is 1. The van der Waals surface area contributed by atoms with Crippen LogP contribution in [0.1, 0.15) is 30.5 Å². The van der Waals surface area contributed by atoms with Crippen molar-refractivity contribution in [3.8, 4) is 0 Å². The molecule has 0 saturated carbocycles. The van der Waals surface area contributed by atoms with Crippen LogP contribution in [0.25, 0.3) is 10.2 Å². The molecule has 3 atom stereocenters. The Bertz CT molecular complexity index is 918. The predicted molar refractivity (Wildman–Crippen MR) is 107 cm³/mol. The van der Waals surface area contributed by atoms with Crippen LogP contribution in [-0.4, -0.2) is 30.5 Å². The molecule has 1 aromatic heterocycles. The molecular weight excluding hydrogens is 342 g/mol. The minimum Gasteiger partial charge on any atom is -0.322 e. The molecule has 1 aliphatic heterocycles. The van der Waals surface area contributed by atoms with Crippen molar-refractivity contribution in [2.45, 2.75) is 32.4 Å². The summed E-state index contributed by atoms with van der Waals surface area (Å²) in [4.78, 5) is 20.9. The average Bonchev–Trinajstić information content (AvgIpc) is 3.20. The number of hydrogen-bond donors (Lipinski definition) is 1. The van der Waals surface area contributed by atoms with Crippen molar-refractivity contribution in [1.29, 1.82) is 0 Å². The van der Waals surface area contributed by atoms with Crippen molar-refractivity contribution in [2.24, 2.45) is 0 Å². The molecule has 1 unspecified atom stereocenters. The van der Waals surface area contributed by atoms with Gasteiger partial charge in [0.05, 0.1) is 17.3 Å². The second-order valence-corrected chi connectivity index (χ2v) is 8.27. The molecule has 0 fully saturated rings. The van der Waals surface area contributed by atoms with Crippen molar-refractivity contribution in [3.05, 3.63) is 59.1 Å². The Kier molecular flexibility index (Phi) is 4.51. The van der Waals surface area contributed by atoms with Gasteiger partial charge < -0.3 is 9.80 Å². The van der Waals surface area contributed by atoms with Crippen LogP contribution < -0.4 is 9.80 Å². The van der Waals surface area contributed by atoms with Gasteiger partial charge in [0.15, 0.2) is 11.6 Å². The number of quaternary nitrogens is 1. The molecule has 1 aliphatic rings. The largest absolute Gasteiger partial charge is 0.322 e. The Morgan fingerprint density at radius 3 is 2.81 bits per heavy atom. The average molecular weight is 367 g/mol. The number of amides is 1. The van der Waals surface area contributed by atoms with E-state index in [1.54, 1.807) is 11.3 Å². The summed E-state index contributed by atoms with van der Waals surface area (Å²) >= 11 is 1.73. The van der Waals surface area contributed by atoms with Crippen molar-refractivity contribution in [3.63, 3.8) is 0 Å². The highest BCUT2D eigenvalue weighted by atomic mass is 32.1. The molecule has 1 amide bonds. The Hall–Kier alpha value is -2.24. The molecule has 4 nitrogen and oxygen atoms in total. The van der Waals surface area contributed by atoms with Crippen LogP contribution in [0, 0.1) is 0 Å². The molecule has 1 N–H and O–H groups in total. The lowest BCUT2D eigenvalue weighted by atomic mass is 10.1. The molecule has 2 aromatic carbocycles. The first-order chi connectivity index (χ1) is 12.5. The Labute approximate surface area is 158 Å². The number of nitrogens with one attached hydrogen (secondary N) is 1. The second-order valence-electron chi connectivity index (χ2n) is 7.21. The molecule has 5 heteroatoms. The van der Waals surface area contributed by atoms with Gasteiger partial charge in [-0.15, -0.1) is 11.3 Å². The minimum absolute atomic E-state index is 0.185. The number of likely N-dealkylation sites (N-methyl/N-ethyl adjacent to an activating group) is 1. The molecule has 0 bridgehead atoms. The maximum atomic E-state index is 13.0. The van der Waals surface area contributed by atoms with E-state index in [0.717, 1.165) is 22.6 Å². The van der Waals surface area contributed by atoms with E-state index in [1.807, 2.05) is 35.2 Å². The zero-order chi connectivity index (χ0) is 18.3. The zero-order valence-electron chi connectivity index (χ0n) is 15.4. The zero-order valence-corrected chi connectivity index (χ0v) is 16.2. The maximum absolute atomic E-state index is 13.0. The van der Waals surface area contributed by atoms with Crippen molar-refractivity contribution >= 4 is 33.1 Å². The van der Waals surface area contributed by atoms with Crippen LogP contribution in [0.2, 0.25) is 0 Å². The highest BCUT2D eigenvalue weighted by Gasteiger charge is 2.33. The highest BCUT2D eigenvalue weighted by molar-refractivity contribution is 7.18. The molecule has 2 heterocycles. The number of benzene rings is 2. The summed E-state index contributed by atoms with van der Waals surface area (Å²) in [6.45, 7) is 4.75. The molecule has 0 spiro atoms. The summed E-state index contributed by atoms with van der Waals surface area (Å²) in [5, 5.41) is 1.09. The van der Waals surface area contributed by atoms with E-state index in [1.165, 1.54) is 15.2 Å². The van der Waals surface area contributed by atoms with E-state index in [0.29, 0.717) is 6.54 Å². The first-order valence-electron chi connectivity index (χ1n) is 9.12. The molecule has 134 valence electrons. The number of rotatable bonds is 4. The first kappa shape index (κ1) is 17.2. The number of para-hydroxylation sites is 2. The van der Waals surface area contributed by atoms with Crippen molar-refractivity contribution < 1.29 is 9.69 Å². The molecular formula is C21H24N3OS+. The number of fused-ring (bicyclic) bond motifs is 2. The second kappa shape index (κ2) is 6.82. The molecule has 26 heavy (non-hydrogen) atoms. The quantitative estimate of drug-likeness (QED) is 0.771. The summed E-state index contributed by atoms with van der Waals surface area (Å²) in [5.41, 5.74) is 3.39. The van der Waals surface area contributed by atoms with Crippen LogP contribution in [0.5, 0.6) is 0 Å². The van der Waals surface area contributed by atoms with Gasteiger partial charge in [-0.2, -0.15) is 0 Å². The number of hydrogen-bond acceptors (Lipinski definition) is 3. The fraction of sp³-hybridized carbons (Fsp3) is 0.333. The van der Waals surface area contributed by atoms with Crippen LogP contribution in [0.15, 0.2) is 48.5 Å². The molecule has 3 aromatic rings. The fourth-order valence-electron chi connectivity index (χ4n) is 3.71. The predicted octanol–water partition coefficient (Wildman–Crippen LogP) is 2.85. The SMILES string of the molecule is C[C@H]1Cc2ccccc2N1C(=O)C[NH+](C)[C@@H](C)c1nc2ccccc2s1. The number of aromatic nitrogens is 1. The topological polar surface area (TPSA) is 37.6 Å². The standard InChI is InChI=1S/C21H23N3OS/c1-14-12-16-8-4-6-10-18(16)24(14)20(25)13-23(3)15(2)21-22-17-9-5-7-11-19(17)26-21/h4-11,14-15H,12-13H2,1-3H3/p+1/t14-,15-/m0/s1. The third-order valence-corrected chi connectivity index (χ3v) is 6.55. The van der Waals surface area contributed by atoms with Gasteiger partial charge in [0.25, 0.3) is 5.91 Å². The Morgan fingerprint density at radius 1 is 1.27 bits per heavy atom. The molecule has 4 rings (SSSR count). The highest BCUT2D eigenvalue weighted by Crippen LogP contribution is 2.31. The fourth-order valence-corrected chi connectivity index (χ4v) is 4.82. The van der Waals surface area contributed by atoms with Gasteiger partial charge in [-0.3, -0.25) is 4.79 Å². The summed E-state index contributed by atoms with van der Waals surface area (Å²) in [6, 6.07) is 16.9. The van der Waals surface area contributed by atoms with E-state index in [2.05, 4.69) is 39.1 Å². The normalized spacial score (nSPS) is 18.7. The maximum Gasteiger partial charge on any atom is 0.282 e. The van der Waals surface area contributed by atoms with Crippen molar-refractivity contribution in [2.75, 3.05) is 18.5 Å². The van der Waals surface area contributed by atoms with Crippen LogP contribution in [0.4, 0.5) is 5.69 Å². The summed E-state index contributed by atoms with van der Waals surface area (Å²) in [7, 11) is 2.08. The molecule has 0 aliphatic carbocycles. The first-order valence-corrected chi connectivity index (χ1v) is 9.94. The molecule has 0 radical (unpaired) electrons. The lowest BCUT2D eigenvalue weighted by Crippen LogP contribution is -3.10. The number of carbonyl (C=O) groups excluding carboxylic acids is 1. The van der Waals surface area contributed by atoms with Gasteiger partial charge in [-0.25, -0.2) is 4.98 Å². The Morgan fingerprint density at radius 2 is 2.00 bits per heavy atom. The van der Waals surface area contributed by atoms with E-state index < -0.39 is 0 Å². The van der Waals surface area contributed by atoms with Crippen molar-refractivity contribution in [1.82, 2.24) is 4.98 Å². The number of anilines is 1. The van der Waals surface area contributed by atoms with Crippen LogP contribution in [0.3, 0.4) is 0 Å². The van der Waals surface area contributed by atoms with Gasteiger partial charge in [0.2, 0.25) is 0 Å².